The molecule has 0 saturated heterocycles. The maximum absolute atomic E-state index is 11.6. The fraction of sp³-hybridized carbons (Fsp3) is 0.357. The first-order valence-electron chi connectivity index (χ1n) is 7.03. The summed E-state index contributed by atoms with van der Waals surface area (Å²) < 4.78 is 29.2. The predicted molar refractivity (Wildman–Crippen MR) is 91.7 cm³/mol. The molecular weight excluding hydrogens is 316 g/mol. The van der Waals surface area contributed by atoms with Crippen LogP contribution in [0.4, 0.5) is 11.5 Å². The summed E-state index contributed by atoms with van der Waals surface area (Å²) in [7, 11) is 0.325. The number of nitrogen functional groups attached to an aromatic ring is 1. The average Bonchev–Trinajstić information content (AvgIpc) is 2.79. The van der Waals surface area contributed by atoms with E-state index in [1.165, 1.54) is 0 Å². The highest BCUT2D eigenvalue weighted by Crippen LogP contribution is 2.23. The van der Waals surface area contributed by atoms with Gasteiger partial charge in [0.2, 0.25) is 15.7 Å². The first-order valence-corrected chi connectivity index (χ1v) is 8.92. The van der Waals surface area contributed by atoms with E-state index in [1.807, 2.05) is 31.7 Å². The topological polar surface area (TPSA) is 105 Å². The number of anilines is 1. The molecule has 2 rings (SSSR count). The molecule has 0 spiro atoms. The van der Waals surface area contributed by atoms with E-state index < -0.39 is 10.0 Å². The summed E-state index contributed by atoms with van der Waals surface area (Å²) >= 11 is 0. The SMILES string of the molecule is CCn1ncc(/N=C2/C=CC(=[N+](C)C)C=C2NS(C)(=O)=O)c1N. The minimum Gasteiger partial charge on any atom is -0.382 e. The van der Waals surface area contributed by atoms with E-state index in [9.17, 15) is 8.42 Å². The summed E-state index contributed by atoms with van der Waals surface area (Å²) in [5.74, 6) is 0.439. The highest BCUT2D eigenvalue weighted by Gasteiger charge is 2.18. The van der Waals surface area contributed by atoms with Crippen LogP contribution in [0.25, 0.3) is 0 Å². The number of nitrogens with two attached hydrogens (primary N) is 1. The molecule has 8 nitrogen and oxygen atoms in total. The molecule has 1 aromatic rings. The fourth-order valence-electron chi connectivity index (χ4n) is 2.03. The quantitative estimate of drug-likeness (QED) is 0.608. The summed E-state index contributed by atoms with van der Waals surface area (Å²) in [5.41, 5.74) is 8.20. The Kier molecular flexibility index (Phi) is 4.69. The molecule has 0 fully saturated rings. The summed E-state index contributed by atoms with van der Waals surface area (Å²) in [6.07, 6.45) is 7.98. The standard InChI is InChI=1S/C14H20N6O2S/c1-5-20-14(15)13(9-16-20)17-11-7-6-10(19(2)3)8-12(11)18-23(4,21)22/h6-9H,5H2,1-4H3,(H2,15,16,18)/p+1. The van der Waals surface area contributed by atoms with Gasteiger partial charge in [-0.25, -0.2) is 22.7 Å². The maximum atomic E-state index is 11.6. The molecule has 1 aromatic heterocycles. The van der Waals surface area contributed by atoms with Crippen molar-refractivity contribution in [1.82, 2.24) is 14.5 Å². The Hall–Kier alpha value is -2.42. The van der Waals surface area contributed by atoms with Crippen LogP contribution in [0.5, 0.6) is 0 Å². The van der Waals surface area contributed by atoms with Crippen LogP contribution >= 0.6 is 0 Å². The van der Waals surface area contributed by atoms with E-state index in [1.54, 1.807) is 23.0 Å². The highest BCUT2D eigenvalue weighted by atomic mass is 32.2. The van der Waals surface area contributed by atoms with Crippen molar-refractivity contribution in [3.63, 3.8) is 0 Å². The van der Waals surface area contributed by atoms with Crippen LogP contribution in [0.2, 0.25) is 0 Å². The van der Waals surface area contributed by atoms with Crippen molar-refractivity contribution in [2.75, 3.05) is 26.1 Å². The molecule has 1 aliphatic carbocycles. The first-order chi connectivity index (χ1) is 10.7. The smallest absolute Gasteiger partial charge is 0.229 e. The maximum Gasteiger partial charge on any atom is 0.229 e. The lowest BCUT2D eigenvalue weighted by atomic mass is 10.1. The van der Waals surface area contributed by atoms with Crippen molar-refractivity contribution in [3.05, 3.63) is 30.1 Å². The van der Waals surface area contributed by atoms with Gasteiger partial charge >= 0.3 is 0 Å². The summed E-state index contributed by atoms with van der Waals surface area (Å²) in [6, 6.07) is 0. The normalized spacial score (nSPS) is 16.6. The molecule has 0 amide bonds. The zero-order valence-electron chi connectivity index (χ0n) is 13.6. The van der Waals surface area contributed by atoms with Gasteiger partial charge in [-0.05, 0) is 13.0 Å². The molecule has 23 heavy (non-hydrogen) atoms. The molecule has 0 atom stereocenters. The van der Waals surface area contributed by atoms with E-state index in [0.29, 0.717) is 29.5 Å². The molecule has 0 unspecified atom stereocenters. The van der Waals surface area contributed by atoms with Crippen molar-refractivity contribution in [3.8, 4) is 0 Å². The number of hydrogen-bond donors (Lipinski definition) is 2. The largest absolute Gasteiger partial charge is 0.382 e. The average molecular weight is 337 g/mol. The van der Waals surface area contributed by atoms with E-state index >= 15 is 0 Å². The Morgan fingerprint density at radius 1 is 1.39 bits per heavy atom. The molecule has 0 saturated carbocycles. The Balaban J connectivity index is 2.49. The summed E-state index contributed by atoms with van der Waals surface area (Å²) in [5, 5.41) is 4.13. The minimum absolute atomic E-state index is 0.391. The van der Waals surface area contributed by atoms with Crippen LogP contribution < -0.4 is 10.5 Å². The van der Waals surface area contributed by atoms with E-state index in [4.69, 9.17) is 5.73 Å². The Morgan fingerprint density at radius 2 is 2.09 bits per heavy atom. The number of aryl methyl sites for hydroxylation is 1. The monoisotopic (exact) mass is 337 g/mol. The van der Waals surface area contributed by atoms with Gasteiger partial charge in [0.1, 0.15) is 25.6 Å². The van der Waals surface area contributed by atoms with Gasteiger partial charge in [-0.1, -0.05) is 0 Å². The number of allylic oxidation sites excluding steroid dienone is 3. The van der Waals surface area contributed by atoms with Crippen molar-refractivity contribution in [2.45, 2.75) is 13.5 Å². The third kappa shape index (κ3) is 4.07. The predicted octanol–water partition coefficient (Wildman–Crippen LogP) is 0.274. The molecule has 124 valence electrons. The van der Waals surface area contributed by atoms with Gasteiger partial charge in [-0.3, -0.25) is 4.72 Å². The highest BCUT2D eigenvalue weighted by molar-refractivity contribution is 7.88. The lowest BCUT2D eigenvalue weighted by Crippen LogP contribution is -2.29. The van der Waals surface area contributed by atoms with Gasteiger partial charge < -0.3 is 5.73 Å². The summed E-state index contributed by atoms with van der Waals surface area (Å²) in [6.45, 7) is 2.56. The third-order valence-corrected chi connectivity index (χ3v) is 3.78. The molecule has 1 heterocycles. The second kappa shape index (κ2) is 6.37. The minimum atomic E-state index is -3.42. The zero-order chi connectivity index (χ0) is 17.2. The van der Waals surface area contributed by atoms with Crippen LogP contribution in [0, 0.1) is 0 Å². The number of nitrogens with zero attached hydrogens (tertiary/aromatic N) is 4. The molecule has 0 radical (unpaired) electrons. The van der Waals surface area contributed by atoms with Gasteiger partial charge in [0.15, 0.2) is 0 Å². The van der Waals surface area contributed by atoms with Crippen LogP contribution in [-0.2, 0) is 16.6 Å². The van der Waals surface area contributed by atoms with Crippen LogP contribution in [-0.4, -0.2) is 54.5 Å². The van der Waals surface area contributed by atoms with Gasteiger partial charge in [0.25, 0.3) is 0 Å². The molecule has 0 aliphatic heterocycles. The molecule has 0 aromatic carbocycles. The van der Waals surface area contributed by atoms with Gasteiger partial charge in [0.05, 0.1) is 23.9 Å². The van der Waals surface area contributed by atoms with Crippen LogP contribution in [0.3, 0.4) is 0 Å². The number of rotatable bonds is 4. The second-order valence-electron chi connectivity index (χ2n) is 5.31. The number of sulfonamides is 1. The van der Waals surface area contributed by atoms with Gasteiger partial charge in [-0.2, -0.15) is 5.10 Å². The second-order valence-corrected chi connectivity index (χ2v) is 7.06. The lowest BCUT2D eigenvalue weighted by Gasteiger charge is -2.12. The van der Waals surface area contributed by atoms with Crippen molar-refractivity contribution >= 4 is 33.0 Å². The number of aliphatic imine (C=N–C) groups is 1. The van der Waals surface area contributed by atoms with Crippen molar-refractivity contribution in [2.24, 2.45) is 4.99 Å². The Bertz CT molecular complexity index is 839. The fourth-order valence-corrected chi connectivity index (χ4v) is 2.60. The lowest BCUT2D eigenvalue weighted by molar-refractivity contribution is -0.462. The van der Waals surface area contributed by atoms with E-state index in [0.717, 1.165) is 12.0 Å². The summed E-state index contributed by atoms with van der Waals surface area (Å²) in [4.78, 5) is 4.44. The van der Waals surface area contributed by atoms with E-state index in [2.05, 4.69) is 14.8 Å². The molecule has 9 heteroatoms. The Morgan fingerprint density at radius 3 is 2.61 bits per heavy atom. The zero-order valence-corrected chi connectivity index (χ0v) is 14.4. The van der Waals surface area contributed by atoms with Gasteiger partial charge in [-0.15, -0.1) is 0 Å². The Labute approximate surface area is 135 Å². The first kappa shape index (κ1) is 16.9. The van der Waals surface area contributed by atoms with Crippen LogP contribution in [0.15, 0.2) is 35.1 Å². The molecule has 0 bridgehead atoms. The van der Waals surface area contributed by atoms with Crippen molar-refractivity contribution in [1.29, 1.82) is 0 Å². The van der Waals surface area contributed by atoms with Crippen molar-refractivity contribution < 1.29 is 13.0 Å². The van der Waals surface area contributed by atoms with Crippen LogP contribution in [0.1, 0.15) is 6.92 Å². The number of aromatic nitrogens is 2. The molecule has 3 N–H and O–H groups in total. The van der Waals surface area contributed by atoms with E-state index in [-0.39, 0.29) is 0 Å². The van der Waals surface area contributed by atoms with Gasteiger partial charge in [0, 0.05) is 18.7 Å². The number of hydrogen-bond acceptors (Lipinski definition) is 5. The molecule has 1 aliphatic rings. The number of nitrogens with one attached hydrogen (secondary N) is 1. The molecular formula is C14H21N6O2S+. The third-order valence-electron chi connectivity index (χ3n) is 3.19.